The van der Waals surface area contributed by atoms with E-state index in [1.54, 1.807) is 0 Å². The van der Waals surface area contributed by atoms with E-state index in [1.165, 1.54) is 19.2 Å². The molecule has 1 aromatic rings. The molecule has 3 nitrogen and oxygen atoms in total. The number of likely N-dealkylation sites (tertiary alicyclic amines) is 1. The lowest BCUT2D eigenvalue weighted by Gasteiger charge is -2.21. The molecule has 0 bridgehead atoms. The van der Waals surface area contributed by atoms with Crippen LogP contribution >= 0.6 is 11.6 Å². The van der Waals surface area contributed by atoms with Gasteiger partial charge in [-0.05, 0) is 37.6 Å². The molecule has 100 valence electrons. The Morgan fingerprint density at radius 1 is 1.56 bits per heavy atom. The molecule has 2 unspecified atom stereocenters. The van der Waals surface area contributed by atoms with Crippen LogP contribution in [0.4, 0.5) is 4.39 Å². The van der Waals surface area contributed by atoms with Crippen LogP contribution in [0.3, 0.4) is 0 Å². The molecule has 0 aliphatic carbocycles. The minimum atomic E-state index is -0.323. The summed E-state index contributed by atoms with van der Waals surface area (Å²) in [7, 11) is 3.50. The van der Waals surface area contributed by atoms with Gasteiger partial charge in [0.2, 0.25) is 0 Å². The van der Waals surface area contributed by atoms with Crippen LogP contribution in [0.25, 0.3) is 0 Å². The lowest BCUT2D eigenvalue weighted by atomic mass is 9.99. The summed E-state index contributed by atoms with van der Waals surface area (Å²) in [6.45, 7) is 1.56. The van der Waals surface area contributed by atoms with Gasteiger partial charge in [-0.15, -0.1) is 0 Å². The van der Waals surface area contributed by atoms with Crippen molar-refractivity contribution in [3.05, 3.63) is 28.5 Å². The molecular formula is C13H18ClFN2O. The smallest absolute Gasteiger partial charge is 0.140 e. The molecule has 1 heterocycles. The summed E-state index contributed by atoms with van der Waals surface area (Å²) >= 11 is 6.27. The first-order valence-corrected chi connectivity index (χ1v) is 6.37. The van der Waals surface area contributed by atoms with Gasteiger partial charge < -0.3 is 10.5 Å². The maximum Gasteiger partial charge on any atom is 0.140 e. The summed E-state index contributed by atoms with van der Waals surface area (Å²) in [5, 5.41) is 0.494. The van der Waals surface area contributed by atoms with Gasteiger partial charge in [0.25, 0.3) is 0 Å². The van der Waals surface area contributed by atoms with Crippen LogP contribution in [0.15, 0.2) is 12.1 Å². The lowest BCUT2D eigenvalue weighted by Crippen LogP contribution is -2.20. The molecule has 1 aromatic carbocycles. The second kappa shape index (κ2) is 5.43. The summed E-state index contributed by atoms with van der Waals surface area (Å²) in [4.78, 5) is 2.16. The van der Waals surface area contributed by atoms with E-state index in [0.717, 1.165) is 18.5 Å². The third-order valence-electron chi connectivity index (χ3n) is 3.58. The summed E-state index contributed by atoms with van der Waals surface area (Å²) in [5.74, 6) is 0.498. The Bertz CT molecular complexity index is 441. The van der Waals surface area contributed by atoms with Crippen LogP contribution in [0, 0.1) is 11.7 Å². The molecule has 0 saturated carbocycles. The zero-order valence-electron chi connectivity index (χ0n) is 10.6. The number of benzene rings is 1. The van der Waals surface area contributed by atoms with Gasteiger partial charge in [0.05, 0.1) is 12.1 Å². The van der Waals surface area contributed by atoms with E-state index < -0.39 is 0 Å². The van der Waals surface area contributed by atoms with Gasteiger partial charge in [-0.1, -0.05) is 11.6 Å². The molecule has 2 rings (SSSR count). The van der Waals surface area contributed by atoms with Crippen molar-refractivity contribution in [1.29, 1.82) is 0 Å². The van der Waals surface area contributed by atoms with Crippen molar-refractivity contribution in [3.8, 4) is 5.75 Å². The quantitative estimate of drug-likeness (QED) is 0.919. The van der Waals surface area contributed by atoms with E-state index in [0.29, 0.717) is 23.2 Å². The number of rotatable bonds is 3. The van der Waals surface area contributed by atoms with Crippen LogP contribution in [0.5, 0.6) is 5.75 Å². The maximum absolute atomic E-state index is 13.6. The summed E-state index contributed by atoms with van der Waals surface area (Å²) in [6, 6.07) is 2.90. The van der Waals surface area contributed by atoms with Crippen molar-refractivity contribution >= 4 is 11.6 Å². The third-order valence-corrected chi connectivity index (χ3v) is 3.98. The van der Waals surface area contributed by atoms with Gasteiger partial charge in [0.15, 0.2) is 0 Å². The minimum Gasteiger partial charge on any atom is -0.495 e. The van der Waals surface area contributed by atoms with E-state index in [4.69, 9.17) is 22.1 Å². The third kappa shape index (κ3) is 2.46. The van der Waals surface area contributed by atoms with Gasteiger partial charge in [-0.3, -0.25) is 4.90 Å². The normalized spacial score (nSPS) is 24.5. The molecule has 5 heteroatoms. The molecular weight excluding hydrogens is 255 g/mol. The van der Waals surface area contributed by atoms with Crippen molar-refractivity contribution < 1.29 is 9.13 Å². The Kier molecular flexibility index (Phi) is 4.10. The number of hydrogen-bond donors (Lipinski definition) is 1. The summed E-state index contributed by atoms with van der Waals surface area (Å²) < 4.78 is 18.7. The van der Waals surface area contributed by atoms with E-state index in [1.807, 2.05) is 7.05 Å². The molecule has 0 aromatic heterocycles. The van der Waals surface area contributed by atoms with Gasteiger partial charge in [-0.2, -0.15) is 0 Å². The predicted molar refractivity (Wildman–Crippen MR) is 70.5 cm³/mol. The number of nitrogens with zero attached hydrogens (tertiary/aromatic N) is 1. The number of hydrogen-bond acceptors (Lipinski definition) is 3. The second-order valence-electron chi connectivity index (χ2n) is 4.80. The fourth-order valence-corrected chi connectivity index (χ4v) is 2.93. The lowest BCUT2D eigenvalue weighted by molar-refractivity contribution is 0.312. The highest BCUT2D eigenvalue weighted by Gasteiger charge is 2.32. The molecule has 1 saturated heterocycles. The molecule has 2 atom stereocenters. The van der Waals surface area contributed by atoms with Crippen LogP contribution in [0.1, 0.15) is 18.0 Å². The first-order valence-electron chi connectivity index (χ1n) is 6.00. The highest BCUT2D eigenvalue weighted by molar-refractivity contribution is 6.32. The standard InChI is InChI=1S/C13H18ClFN2O/c1-17-7-8(6-16)3-11(17)10-4-9(15)5-12(18-2)13(10)14/h4-5,8,11H,3,6-7,16H2,1-2H3. The van der Waals surface area contributed by atoms with E-state index in [2.05, 4.69) is 4.90 Å². The molecule has 18 heavy (non-hydrogen) atoms. The summed E-state index contributed by atoms with van der Waals surface area (Å²) in [6.07, 6.45) is 0.902. The summed E-state index contributed by atoms with van der Waals surface area (Å²) in [5.41, 5.74) is 6.49. The van der Waals surface area contributed by atoms with Gasteiger partial charge in [0.1, 0.15) is 11.6 Å². The fourth-order valence-electron chi connectivity index (χ4n) is 2.62. The van der Waals surface area contributed by atoms with E-state index in [9.17, 15) is 4.39 Å². The average molecular weight is 273 g/mol. The number of nitrogens with two attached hydrogens (primary N) is 1. The molecule has 1 aliphatic rings. The van der Waals surface area contributed by atoms with Crippen molar-refractivity contribution in [2.24, 2.45) is 11.7 Å². The predicted octanol–water partition coefficient (Wildman–Crippen LogP) is 2.44. The van der Waals surface area contributed by atoms with Crippen LogP contribution in [-0.4, -0.2) is 32.1 Å². The highest BCUT2D eigenvalue weighted by atomic mass is 35.5. The monoisotopic (exact) mass is 272 g/mol. The average Bonchev–Trinajstić information content (AvgIpc) is 2.73. The zero-order valence-corrected chi connectivity index (χ0v) is 11.4. The topological polar surface area (TPSA) is 38.5 Å². The number of ether oxygens (including phenoxy) is 1. The van der Waals surface area contributed by atoms with Gasteiger partial charge in [0, 0.05) is 18.7 Å². The van der Waals surface area contributed by atoms with Crippen molar-refractivity contribution in [3.63, 3.8) is 0 Å². The van der Waals surface area contributed by atoms with E-state index in [-0.39, 0.29) is 11.9 Å². The zero-order chi connectivity index (χ0) is 13.3. The van der Waals surface area contributed by atoms with Crippen molar-refractivity contribution in [1.82, 2.24) is 4.90 Å². The Hall–Kier alpha value is -0.840. The molecule has 0 amide bonds. The molecule has 1 aliphatic heterocycles. The Morgan fingerprint density at radius 2 is 2.28 bits per heavy atom. The van der Waals surface area contributed by atoms with Crippen molar-refractivity contribution in [2.75, 3.05) is 27.2 Å². The minimum absolute atomic E-state index is 0.107. The molecule has 0 spiro atoms. The highest BCUT2D eigenvalue weighted by Crippen LogP contribution is 2.40. The van der Waals surface area contributed by atoms with Crippen LogP contribution < -0.4 is 10.5 Å². The second-order valence-corrected chi connectivity index (χ2v) is 5.18. The molecule has 1 fully saturated rings. The largest absolute Gasteiger partial charge is 0.495 e. The molecule has 2 N–H and O–H groups in total. The molecule has 0 radical (unpaired) electrons. The number of halogens is 2. The SMILES string of the molecule is COc1cc(F)cc(C2CC(CN)CN2C)c1Cl. The first kappa shape index (κ1) is 13.6. The Balaban J connectivity index is 2.36. The fraction of sp³-hybridized carbons (Fsp3) is 0.538. The number of methoxy groups -OCH3 is 1. The Morgan fingerprint density at radius 3 is 2.83 bits per heavy atom. The van der Waals surface area contributed by atoms with Gasteiger partial charge in [-0.25, -0.2) is 4.39 Å². The Labute approximate surface area is 112 Å². The van der Waals surface area contributed by atoms with Gasteiger partial charge >= 0.3 is 0 Å². The van der Waals surface area contributed by atoms with Crippen LogP contribution in [0.2, 0.25) is 5.02 Å². The maximum atomic E-state index is 13.6. The van der Waals surface area contributed by atoms with E-state index >= 15 is 0 Å². The first-order chi connectivity index (χ1) is 8.56. The van der Waals surface area contributed by atoms with Crippen molar-refractivity contribution in [2.45, 2.75) is 12.5 Å². The van der Waals surface area contributed by atoms with Crippen LogP contribution in [-0.2, 0) is 0 Å².